The molecule has 0 bridgehead atoms. The molecule has 2 aromatic heterocycles. The van der Waals surface area contributed by atoms with Crippen LogP contribution in [0, 0.1) is 0 Å². The fraction of sp³-hybridized carbons (Fsp3) is 0.111. The molecule has 2 heterocycles. The first kappa shape index (κ1) is 15.6. The summed E-state index contributed by atoms with van der Waals surface area (Å²) in [6.45, 7) is 0.273. The number of benzene rings is 1. The van der Waals surface area contributed by atoms with Gasteiger partial charge in [-0.1, -0.05) is 6.07 Å². The lowest BCUT2D eigenvalue weighted by atomic mass is 10.3. The monoisotopic (exact) mass is 324 g/mol. The molecule has 0 saturated heterocycles. The Kier molecular flexibility index (Phi) is 4.47. The molecule has 0 radical (unpaired) electrons. The van der Waals surface area contributed by atoms with E-state index < -0.39 is 0 Å². The van der Waals surface area contributed by atoms with Gasteiger partial charge in [0.2, 0.25) is 0 Å². The Balaban J connectivity index is 1.69. The number of hydrogen-bond acceptors (Lipinski definition) is 4. The SMILES string of the molecule is COc1ccc(NC(=O)c2ccc(Cn3ccccc3=O)o2)cc1. The predicted molar refractivity (Wildman–Crippen MR) is 89.5 cm³/mol. The van der Waals surface area contributed by atoms with Crippen molar-refractivity contribution in [2.45, 2.75) is 6.54 Å². The Morgan fingerprint density at radius 2 is 1.92 bits per heavy atom. The molecule has 0 aliphatic rings. The summed E-state index contributed by atoms with van der Waals surface area (Å²) in [5.74, 6) is 1.07. The van der Waals surface area contributed by atoms with Crippen molar-refractivity contribution in [2.75, 3.05) is 12.4 Å². The molecule has 122 valence electrons. The molecule has 3 rings (SSSR count). The molecule has 3 aromatic rings. The summed E-state index contributed by atoms with van der Waals surface area (Å²) in [5.41, 5.74) is 0.510. The number of hydrogen-bond donors (Lipinski definition) is 1. The van der Waals surface area contributed by atoms with Crippen LogP contribution in [0.25, 0.3) is 0 Å². The Labute approximate surface area is 138 Å². The van der Waals surface area contributed by atoms with Crippen molar-refractivity contribution >= 4 is 11.6 Å². The highest BCUT2D eigenvalue weighted by Gasteiger charge is 2.12. The number of ether oxygens (including phenoxy) is 1. The van der Waals surface area contributed by atoms with Crippen LogP contribution in [0.1, 0.15) is 16.3 Å². The maximum atomic E-state index is 12.2. The Hall–Kier alpha value is -3.28. The molecular formula is C18H16N2O4. The Morgan fingerprint density at radius 3 is 2.62 bits per heavy atom. The fourth-order valence-corrected chi connectivity index (χ4v) is 2.21. The number of rotatable bonds is 5. The summed E-state index contributed by atoms with van der Waals surface area (Å²) in [4.78, 5) is 23.9. The molecule has 1 N–H and O–H groups in total. The topological polar surface area (TPSA) is 73.5 Å². The molecule has 24 heavy (non-hydrogen) atoms. The minimum absolute atomic E-state index is 0.127. The number of aromatic nitrogens is 1. The van der Waals surface area contributed by atoms with Crippen LogP contribution in [0.4, 0.5) is 5.69 Å². The summed E-state index contributed by atoms with van der Waals surface area (Å²) in [5, 5.41) is 2.74. The Bertz CT molecular complexity index is 894. The van der Waals surface area contributed by atoms with Crippen molar-refractivity contribution in [1.29, 1.82) is 0 Å². The van der Waals surface area contributed by atoms with Gasteiger partial charge in [0.15, 0.2) is 5.76 Å². The molecule has 6 nitrogen and oxygen atoms in total. The number of carbonyl (C=O) groups excluding carboxylic acids is 1. The van der Waals surface area contributed by atoms with Gasteiger partial charge in [-0.25, -0.2) is 0 Å². The molecule has 0 aliphatic carbocycles. The second kappa shape index (κ2) is 6.87. The number of nitrogens with one attached hydrogen (secondary N) is 1. The lowest BCUT2D eigenvalue weighted by Crippen LogP contribution is -2.18. The molecule has 0 unspecified atom stereocenters. The van der Waals surface area contributed by atoms with E-state index in [-0.39, 0.29) is 23.8 Å². The molecule has 0 aliphatic heterocycles. The van der Waals surface area contributed by atoms with Crippen molar-refractivity contribution < 1.29 is 13.9 Å². The summed E-state index contributed by atoms with van der Waals surface area (Å²) < 4.78 is 12.1. The standard InChI is InChI=1S/C18H16N2O4/c1-23-14-7-5-13(6-8-14)19-18(22)16-10-9-15(24-16)12-20-11-3-2-4-17(20)21/h2-11H,12H2,1H3,(H,19,22). The smallest absolute Gasteiger partial charge is 0.291 e. The summed E-state index contributed by atoms with van der Waals surface area (Å²) in [6, 6.07) is 15.2. The van der Waals surface area contributed by atoms with Gasteiger partial charge < -0.3 is 19.0 Å². The maximum Gasteiger partial charge on any atom is 0.291 e. The van der Waals surface area contributed by atoms with Crippen LogP contribution in [0.15, 0.2) is 70.0 Å². The second-order valence-corrected chi connectivity index (χ2v) is 5.12. The maximum absolute atomic E-state index is 12.2. The average molecular weight is 324 g/mol. The van der Waals surface area contributed by atoms with Crippen LogP contribution < -0.4 is 15.6 Å². The van der Waals surface area contributed by atoms with Crippen LogP contribution in [0.2, 0.25) is 0 Å². The second-order valence-electron chi connectivity index (χ2n) is 5.12. The van der Waals surface area contributed by atoms with Crippen LogP contribution in [0.3, 0.4) is 0 Å². The predicted octanol–water partition coefficient (Wildman–Crippen LogP) is 2.75. The van der Waals surface area contributed by atoms with E-state index in [4.69, 9.17) is 9.15 Å². The highest BCUT2D eigenvalue weighted by atomic mass is 16.5. The van der Waals surface area contributed by atoms with Crippen LogP contribution in [-0.2, 0) is 6.54 Å². The zero-order valence-electron chi connectivity index (χ0n) is 13.1. The van der Waals surface area contributed by atoms with Gasteiger partial charge in [0.1, 0.15) is 11.5 Å². The van der Waals surface area contributed by atoms with E-state index in [1.54, 1.807) is 61.8 Å². The van der Waals surface area contributed by atoms with Gasteiger partial charge in [0.05, 0.1) is 13.7 Å². The first-order valence-electron chi connectivity index (χ1n) is 7.35. The van der Waals surface area contributed by atoms with E-state index in [0.717, 1.165) is 0 Å². The number of nitrogens with zero attached hydrogens (tertiary/aromatic N) is 1. The fourth-order valence-electron chi connectivity index (χ4n) is 2.21. The molecule has 0 spiro atoms. The van der Waals surface area contributed by atoms with Gasteiger partial charge in [-0.2, -0.15) is 0 Å². The van der Waals surface area contributed by atoms with E-state index in [1.165, 1.54) is 10.6 Å². The third kappa shape index (κ3) is 3.55. The highest BCUT2D eigenvalue weighted by Crippen LogP contribution is 2.17. The van der Waals surface area contributed by atoms with Crippen LogP contribution >= 0.6 is 0 Å². The third-order valence-corrected chi connectivity index (χ3v) is 3.46. The largest absolute Gasteiger partial charge is 0.497 e. The number of anilines is 1. The quantitative estimate of drug-likeness (QED) is 0.783. The molecule has 6 heteroatoms. The zero-order valence-corrected chi connectivity index (χ0v) is 13.1. The average Bonchev–Trinajstić information content (AvgIpc) is 3.06. The van der Waals surface area contributed by atoms with E-state index in [0.29, 0.717) is 17.2 Å². The molecule has 1 amide bonds. The number of furan rings is 1. The lowest BCUT2D eigenvalue weighted by Gasteiger charge is -2.05. The van der Waals surface area contributed by atoms with Crippen LogP contribution in [0.5, 0.6) is 5.75 Å². The molecule has 0 fully saturated rings. The van der Waals surface area contributed by atoms with Gasteiger partial charge >= 0.3 is 0 Å². The molecule has 0 atom stereocenters. The van der Waals surface area contributed by atoms with Gasteiger partial charge in [0.25, 0.3) is 11.5 Å². The number of carbonyl (C=O) groups is 1. The number of methoxy groups -OCH3 is 1. The minimum Gasteiger partial charge on any atom is -0.497 e. The first-order chi connectivity index (χ1) is 11.7. The van der Waals surface area contributed by atoms with E-state index in [2.05, 4.69) is 5.32 Å². The van der Waals surface area contributed by atoms with Crippen LogP contribution in [-0.4, -0.2) is 17.6 Å². The van der Waals surface area contributed by atoms with E-state index in [1.807, 2.05) is 0 Å². The van der Waals surface area contributed by atoms with Crippen molar-refractivity contribution in [3.8, 4) is 5.75 Å². The minimum atomic E-state index is -0.355. The van der Waals surface area contributed by atoms with E-state index >= 15 is 0 Å². The summed E-state index contributed by atoms with van der Waals surface area (Å²) in [7, 11) is 1.58. The van der Waals surface area contributed by atoms with Crippen molar-refractivity contribution in [3.05, 3.63) is 82.7 Å². The van der Waals surface area contributed by atoms with Gasteiger partial charge in [-0.15, -0.1) is 0 Å². The third-order valence-electron chi connectivity index (χ3n) is 3.46. The molecule has 1 aromatic carbocycles. The van der Waals surface area contributed by atoms with Gasteiger partial charge in [0, 0.05) is 18.0 Å². The van der Waals surface area contributed by atoms with Crippen molar-refractivity contribution in [3.63, 3.8) is 0 Å². The van der Waals surface area contributed by atoms with Gasteiger partial charge in [-0.3, -0.25) is 9.59 Å². The molecule has 0 saturated carbocycles. The summed E-state index contributed by atoms with van der Waals surface area (Å²) in [6.07, 6.45) is 1.67. The normalized spacial score (nSPS) is 10.4. The molecular weight excluding hydrogens is 308 g/mol. The summed E-state index contributed by atoms with van der Waals surface area (Å²) >= 11 is 0. The lowest BCUT2D eigenvalue weighted by molar-refractivity contribution is 0.0994. The first-order valence-corrected chi connectivity index (χ1v) is 7.35. The Morgan fingerprint density at radius 1 is 1.12 bits per heavy atom. The van der Waals surface area contributed by atoms with Crippen molar-refractivity contribution in [2.24, 2.45) is 0 Å². The van der Waals surface area contributed by atoms with Crippen molar-refractivity contribution in [1.82, 2.24) is 4.57 Å². The highest BCUT2D eigenvalue weighted by molar-refractivity contribution is 6.02. The zero-order chi connectivity index (χ0) is 16.9. The van der Waals surface area contributed by atoms with E-state index in [9.17, 15) is 9.59 Å². The number of pyridine rings is 1. The number of amides is 1. The van der Waals surface area contributed by atoms with Gasteiger partial charge in [-0.05, 0) is 42.5 Å².